The second-order valence-electron chi connectivity index (χ2n) is 3.73. The van der Waals surface area contributed by atoms with E-state index in [2.05, 4.69) is 15.1 Å². The molecule has 1 N–H and O–H groups in total. The Morgan fingerprint density at radius 3 is 2.38 bits per heavy atom. The van der Waals surface area contributed by atoms with Gasteiger partial charge in [0.15, 0.2) is 5.82 Å². The summed E-state index contributed by atoms with van der Waals surface area (Å²) in [6.45, 7) is 5.90. The fourth-order valence-electron chi connectivity index (χ4n) is 1.48. The third kappa shape index (κ3) is 1.69. The van der Waals surface area contributed by atoms with Crippen LogP contribution in [0.3, 0.4) is 0 Å². The Morgan fingerprint density at radius 1 is 1.19 bits per heavy atom. The number of aryl methyl sites for hydroxylation is 1. The molecule has 0 aliphatic rings. The summed E-state index contributed by atoms with van der Waals surface area (Å²) < 4.78 is 1.76. The lowest BCUT2D eigenvalue weighted by Gasteiger charge is -2.03. The lowest BCUT2D eigenvalue weighted by Crippen LogP contribution is -2.04. The summed E-state index contributed by atoms with van der Waals surface area (Å²) in [5.74, 6) is 0.672. The average molecular weight is 218 g/mol. The third-order valence-electron chi connectivity index (χ3n) is 2.72. The monoisotopic (exact) mass is 218 g/mol. The molecule has 0 amide bonds. The standard InChI is InChI=1S/C11H14N4O/c1-7-8(2)14-15(9(7)3)11-5-12-10(6-16)4-13-11/h4-5,16H,6H2,1-3H3. The van der Waals surface area contributed by atoms with E-state index in [4.69, 9.17) is 5.11 Å². The predicted octanol–water partition coefficient (Wildman–Crippen LogP) is 1.08. The van der Waals surface area contributed by atoms with E-state index in [0.717, 1.165) is 17.0 Å². The van der Waals surface area contributed by atoms with E-state index >= 15 is 0 Å². The molecule has 2 aromatic heterocycles. The van der Waals surface area contributed by atoms with Gasteiger partial charge in [0.25, 0.3) is 0 Å². The molecule has 0 aliphatic carbocycles. The summed E-state index contributed by atoms with van der Waals surface area (Å²) in [6.07, 6.45) is 3.17. The van der Waals surface area contributed by atoms with Crippen LogP contribution in [-0.4, -0.2) is 24.9 Å². The van der Waals surface area contributed by atoms with Crippen LogP contribution < -0.4 is 0 Å². The number of aliphatic hydroxyl groups is 1. The van der Waals surface area contributed by atoms with Gasteiger partial charge in [-0.1, -0.05) is 0 Å². The van der Waals surface area contributed by atoms with Crippen LogP contribution in [-0.2, 0) is 6.61 Å². The van der Waals surface area contributed by atoms with Gasteiger partial charge < -0.3 is 5.11 Å². The normalized spacial score (nSPS) is 10.8. The molecule has 0 spiro atoms. The van der Waals surface area contributed by atoms with Gasteiger partial charge in [0.1, 0.15) is 0 Å². The molecule has 0 bridgehead atoms. The molecule has 0 saturated carbocycles. The molecule has 2 aromatic rings. The van der Waals surface area contributed by atoms with Gasteiger partial charge in [-0.25, -0.2) is 9.67 Å². The van der Waals surface area contributed by atoms with Crippen LogP contribution >= 0.6 is 0 Å². The Hall–Kier alpha value is -1.75. The molecule has 0 radical (unpaired) electrons. The van der Waals surface area contributed by atoms with Crippen molar-refractivity contribution in [2.75, 3.05) is 0 Å². The minimum atomic E-state index is -0.0938. The van der Waals surface area contributed by atoms with Crippen LogP contribution in [0.5, 0.6) is 0 Å². The highest BCUT2D eigenvalue weighted by Crippen LogP contribution is 2.14. The molecule has 5 heteroatoms. The predicted molar refractivity (Wildman–Crippen MR) is 59.3 cm³/mol. The van der Waals surface area contributed by atoms with Crippen molar-refractivity contribution < 1.29 is 5.11 Å². The van der Waals surface area contributed by atoms with Crippen LogP contribution in [0.1, 0.15) is 22.6 Å². The minimum Gasteiger partial charge on any atom is -0.390 e. The first-order chi connectivity index (χ1) is 7.63. The third-order valence-corrected chi connectivity index (χ3v) is 2.72. The van der Waals surface area contributed by atoms with Gasteiger partial charge in [0.05, 0.1) is 30.4 Å². The zero-order valence-corrected chi connectivity index (χ0v) is 9.60. The summed E-state index contributed by atoms with van der Waals surface area (Å²) in [7, 11) is 0. The van der Waals surface area contributed by atoms with Crippen molar-refractivity contribution in [2.24, 2.45) is 0 Å². The van der Waals surface area contributed by atoms with Crippen LogP contribution in [0, 0.1) is 20.8 Å². The van der Waals surface area contributed by atoms with Gasteiger partial charge in [-0.2, -0.15) is 5.10 Å². The minimum absolute atomic E-state index is 0.0938. The second kappa shape index (κ2) is 4.02. The Balaban J connectivity index is 2.46. The van der Waals surface area contributed by atoms with Gasteiger partial charge in [0, 0.05) is 5.69 Å². The first-order valence-corrected chi connectivity index (χ1v) is 5.08. The summed E-state index contributed by atoms with van der Waals surface area (Å²) >= 11 is 0. The van der Waals surface area contributed by atoms with Crippen molar-refractivity contribution in [1.82, 2.24) is 19.7 Å². The molecule has 2 rings (SSSR count). The Bertz CT molecular complexity index is 501. The quantitative estimate of drug-likeness (QED) is 0.819. The first kappa shape index (κ1) is 10.8. The molecule has 0 aliphatic heterocycles. The van der Waals surface area contributed by atoms with Crippen LogP contribution in [0.4, 0.5) is 0 Å². The van der Waals surface area contributed by atoms with E-state index in [0.29, 0.717) is 11.5 Å². The molecule has 0 atom stereocenters. The Kier molecular flexibility index (Phi) is 2.70. The van der Waals surface area contributed by atoms with Crippen LogP contribution in [0.15, 0.2) is 12.4 Å². The highest BCUT2D eigenvalue weighted by atomic mass is 16.3. The zero-order chi connectivity index (χ0) is 11.7. The van der Waals surface area contributed by atoms with Crippen LogP contribution in [0.2, 0.25) is 0 Å². The highest BCUT2D eigenvalue weighted by Gasteiger charge is 2.09. The maximum absolute atomic E-state index is 8.88. The molecule has 0 unspecified atom stereocenters. The van der Waals surface area contributed by atoms with E-state index < -0.39 is 0 Å². The van der Waals surface area contributed by atoms with Crippen LogP contribution in [0.25, 0.3) is 5.82 Å². The van der Waals surface area contributed by atoms with Crippen molar-refractivity contribution in [3.63, 3.8) is 0 Å². The fourth-order valence-corrected chi connectivity index (χ4v) is 1.48. The number of aliphatic hydroxyl groups excluding tert-OH is 1. The summed E-state index contributed by atoms with van der Waals surface area (Å²) in [5, 5.41) is 13.3. The number of nitrogens with zero attached hydrogens (tertiary/aromatic N) is 4. The van der Waals surface area contributed by atoms with Gasteiger partial charge >= 0.3 is 0 Å². The number of aromatic nitrogens is 4. The lowest BCUT2D eigenvalue weighted by molar-refractivity contribution is 0.276. The fraction of sp³-hybridized carbons (Fsp3) is 0.364. The summed E-state index contributed by atoms with van der Waals surface area (Å²) in [4.78, 5) is 8.29. The molecule has 84 valence electrons. The lowest BCUT2D eigenvalue weighted by atomic mass is 10.2. The smallest absolute Gasteiger partial charge is 0.172 e. The van der Waals surface area contributed by atoms with E-state index in [1.54, 1.807) is 17.1 Å². The molecule has 0 fully saturated rings. The molecule has 2 heterocycles. The van der Waals surface area contributed by atoms with E-state index in [1.807, 2.05) is 20.8 Å². The Labute approximate surface area is 93.8 Å². The molecule has 5 nitrogen and oxygen atoms in total. The second-order valence-corrected chi connectivity index (χ2v) is 3.73. The summed E-state index contributed by atoms with van der Waals surface area (Å²) in [5.41, 5.74) is 3.77. The number of rotatable bonds is 2. The molecular weight excluding hydrogens is 204 g/mol. The number of hydrogen-bond acceptors (Lipinski definition) is 4. The van der Waals surface area contributed by atoms with E-state index in [9.17, 15) is 0 Å². The molecule has 0 saturated heterocycles. The maximum Gasteiger partial charge on any atom is 0.172 e. The van der Waals surface area contributed by atoms with Gasteiger partial charge in [-0.15, -0.1) is 0 Å². The molecule has 16 heavy (non-hydrogen) atoms. The van der Waals surface area contributed by atoms with Crippen molar-refractivity contribution in [3.05, 3.63) is 35.0 Å². The largest absolute Gasteiger partial charge is 0.390 e. The van der Waals surface area contributed by atoms with Crippen molar-refractivity contribution in [2.45, 2.75) is 27.4 Å². The highest BCUT2D eigenvalue weighted by molar-refractivity contribution is 5.30. The SMILES string of the molecule is Cc1nn(-c2cnc(CO)cn2)c(C)c1C. The first-order valence-electron chi connectivity index (χ1n) is 5.08. The number of hydrogen-bond donors (Lipinski definition) is 1. The van der Waals surface area contributed by atoms with Gasteiger partial charge in [-0.05, 0) is 26.3 Å². The van der Waals surface area contributed by atoms with Crippen molar-refractivity contribution in [3.8, 4) is 5.82 Å². The maximum atomic E-state index is 8.88. The van der Waals surface area contributed by atoms with E-state index in [-0.39, 0.29) is 6.61 Å². The van der Waals surface area contributed by atoms with Gasteiger partial charge in [0.2, 0.25) is 0 Å². The van der Waals surface area contributed by atoms with Crippen molar-refractivity contribution >= 4 is 0 Å². The molecule has 0 aromatic carbocycles. The summed E-state index contributed by atoms with van der Waals surface area (Å²) in [6, 6.07) is 0. The molecular formula is C11H14N4O. The average Bonchev–Trinajstić information content (AvgIpc) is 2.57. The topological polar surface area (TPSA) is 63.8 Å². The Morgan fingerprint density at radius 2 is 1.94 bits per heavy atom. The van der Waals surface area contributed by atoms with Gasteiger partial charge in [-0.3, -0.25) is 4.98 Å². The van der Waals surface area contributed by atoms with E-state index in [1.165, 1.54) is 0 Å². The zero-order valence-electron chi connectivity index (χ0n) is 9.60. The van der Waals surface area contributed by atoms with Crippen molar-refractivity contribution in [1.29, 1.82) is 0 Å².